The molecule has 4 aromatic rings. The number of nitriles is 1. The van der Waals surface area contributed by atoms with E-state index in [4.69, 9.17) is 21.4 Å². The molecular weight excluding hydrogens is 558 g/mol. The minimum absolute atomic E-state index is 0.00757. The first-order valence-corrected chi connectivity index (χ1v) is 15.1. The molecule has 0 spiro atoms. The smallest absolute Gasteiger partial charge is 0.328 e. The predicted molar refractivity (Wildman–Crippen MR) is 169 cm³/mol. The van der Waals surface area contributed by atoms with Gasteiger partial charge in [-0.2, -0.15) is 10.4 Å². The van der Waals surface area contributed by atoms with E-state index in [9.17, 15) is 10.1 Å². The van der Waals surface area contributed by atoms with E-state index in [1.807, 2.05) is 47.3 Å². The summed E-state index contributed by atoms with van der Waals surface area (Å²) in [7, 11) is 0. The van der Waals surface area contributed by atoms with E-state index >= 15 is 0 Å². The second kappa shape index (κ2) is 12.8. The SMILES string of the molecule is N#Cc1ccc(/C(=C(\c2ccc(/C=C/C(=O)O)cc2)c2ccc(-c3cnn(C4CCCCO4)c3)cc2)C2CCC2)c(Cl)c1. The topological polar surface area (TPSA) is 88.1 Å². The summed E-state index contributed by atoms with van der Waals surface area (Å²) in [6.45, 7) is 0.771. The summed E-state index contributed by atoms with van der Waals surface area (Å²) >= 11 is 6.85. The van der Waals surface area contributed by atoms with Gasteiger partial charge in [0, 0.05) is 29.5 Å². The largest absolute Gasteiger partial charge is 0.478 e. The fraction of sp³-hybridized carbons (Fsp3) is 0.250. The van der Waals surface area contributed by atoms with Gasteiger partial charge < -0.3 is 9.84 Å². The average molecular weight is 590 g/mol. The maximum Gasteiger partial charge on any atom is 0.328 e. The van der Waals surface area contributed by atoms with Crippen LogP contribution in [0.4, 0.5) is 0 Å². The Hall–Kier alpha value is -4.44. The molecule has 6 nitrogen and oxygen atoms in total. The zero-order chi connectivity index (χ0) is 29.8. The van der Waals surface area contributed by atoms with Crippen LogP contribution >= 0.6 is 11.6 Å². The second-order valence-corrected chi connectivity index (χ2v) is 11.5. The first kappa shape index (κ1) is 28.7. The van der Waals surface area contributed by atoms with E-state index in [1.54, 1.807) is 12.1 Å². The lowest BCUT2D eigenvalue weighted by molar-refractivity contribution is -0.131. The van der Waals surface area contributed by atoms with Gasteiger partial charge in [-0.15, -0.1) is 0 Å². The number of allylic oxidation sites excluding steroid dienone is 1. The van der Waals surface area contributed by atoms with Crippen molar-refractivity contribution in [3.05, 3.63) is 118 Å². The van der Waals surface area contributed by atoms with Gasteiger partial charge in [0.2, 0.25) is 0 Å². The lowest BCUT2D eigenvalue weighted by Crippen LogP contribution is -2.18. The highest BCUT2D eigenvalue weighted by Crippen LogP contribution is 2.47. The highest BCUT2D eigenvalue weighted by molar-refractivity contribution is 6.33. The molecule has 0 bridgehead atoms. The highest BCUT2D eigenvalue weighted by atomic mass is 35.5. The summed E-state index contributed by atoms with van der Waals surface area (Å²) in [5.74, 6) is -0.648. The molecule has 1 unspecified atom stereocenters. The van der Waals surface area contributed by atoms with Crippen molar-refractivity contribution in [3.8, 4) is 17.2 Å². The molecule has 1 aliphatic carbocycles. The third-order valence-corrected chi connectivity index (χ3v) is 8.66. The van der Waals surface area contributed by atoms with E-state index in [0.29, 0.717) is 16.5 Å². The van der Waals surface area contributed by atoms with Crippen LogP contribution in [0.3, 0.4) is 0 Å². The van der Waals surface area contributed by atoms with Gasteiger partial charge >= 0.3 is 5.97 Å². The van der Waals surface area contributed by atoms with Crippen molar-refractivity contribution in [2.45, 2.75) is 44.8 Å². The first-order chi connectivity index (χ1) is 21.0. The van der Waals surface area contributed by atoms with Crippen LogP contribution in [0.2, 0.25) is 5.02 Å². The lowest BCUT2D eigenvalue weighted by atomic mass is 9.73. The van der Waals surface area contributed by atoms with Crippen LogP contribution in [0, 0.1) is 17.2 Å². The molecule has 1 aliphatic heterocycles. The van der Waals surface area contributed by atoms with Crippen LogP contribution in [-0.4, -0.2) is 27.5 Å². The van der Waals surface area contributed by atoms with Gasteiger partial charge in [-0.1, -0.05) is 72.6 Å². The second-order valence-electron chi connectivity index (χ2n) is 11.1. The Morgan fingerprint density at radius 3 is 2.33 bits per heavy atom. The molecule has 1 saturated heterocycles. The summed E-state index contributed by atoms with van der Waals surface area (Å²) in [6.07, 6.45) is 13.2. The molecule has 216 valence electrons. The van der Waals surface area contributed by atoms with E-state index in [2.05, 4.69) is 41.6 Å². The number of halogens is 1. The van der Waals surface area contributed by atoms with Crippen molar-refractivity contribution in [2.75, 3.05) is 6.61 Å². The highest BCUT2D eigenvalue weighted by Gasteiger charge is 2.28. The molecule has 1 N–H and O–H groups in total. The van der Waals surface area contributed by atoms with Gasteiger partial charge in [0.25, 0.3) is 0 Å². The van der Waals surface area contributed by atoms with Gasteiger partial charge in [-0.05, 0) is 95.2 Å². The zero-order valence-electron chi connectivity index (χ0n) is 23.7. The first-order valence-electron chi connectivity index (χ1n) is 14.7. The van der Waals surface area contributed by atoms with Crippen molar-refractivity contribution in [1.29, 1.82) is 5.26 Å². The van der Waals surface area contributed by atoms with Crippen LogP contribution < -0.4 is 0 Å². The summed E-state index contributed by atoms with van der Waals surface area (Å²) in [4.78, 5) is 11.0. The molecule has 2 heterocycles. The fourth-order valence-electron chi connectivity index (χ4n) is 5.87. The van der Waals surface area contributed by atoms with Crippen LogP contribution in [0.15, 0.2) is 85.2 Å². The number of benzene rings is 3. The minimum Gasteiger partial charge on any atom is -0.478 e. The summed E-state index contributed by atoms with van der Waals surface area (Å²) in [5, 5.41) is 23.7. The third kappa shape index (κ3) is 6.34. The van der Waals surface area contributed by atoms with Crippen molar-refractivity contribution < 1.29 is 14.6 Å². The summed E-state index contributed by atoms with van der Waals surface area (Å²) < 4.78 is 7.84. The molecule has 3 aromatic carbocycles. The van der Waals surface area contributed by atoms with Crippen molar-refractivity contribution in [2.24, 2.45) is 5.92 Å². The Labute approximate surface area is 256 Å². The molecule has 1 saturated carbocycles. The molecule has 6 rings (SSSR count). The number of carboxylic acids is 1. The number of nitrogens with zero attached hydrogens (tertiary/aromatic N) is 3. The molecule has 1 atom stereocenters. The molecule has 2 aliphatic rings. The molecule has 0 radical (unpaired) electrons. The number of carbonyl (C=O) groups is 1. The number of carboxylic acid groups (broad SMARTS) is 1. The van der Waals surface area contributed by atoms with E-state index in [-0.39, 0.29) is 6.23 Å². The molecule has 0 amide bonds. The Balaban J connectivity index is 1.44. The minimum atomic E-state index is -0.982. The van der Waals surface area contributed by atoms with Gasteiger partial charge in [0.15, 0.2) is 0 Å². The summed E-state index contributed by atoms with van der Waals surface area (Å²) in [5.41, 5.74) is 8.71. The number of hydrogen-bond acceptors (Lipinski definition) is 4. The maximum absolute atomic E-state index is 11.0. The number of ether oxygens (including phenoxy) is 1. The van der Waals surface area contributed by atoms with E-state index in [1.165, 1.54) is 5.57 Å². The van der Waals surface area contributed by atoms with Crippen LogP contribution in [-0.2, 0) is 9.53 Å². The molecule has 2 fully saturated rings. The average Bonchev–Trinajstić information content (AvgIpc) is 3.51. The molecule has 7 heteroatoms. The maximum atomic E-state index is 11.0. The number of aromatic nitrogens is 2. The Bertz CT molecular complexity index is 1720. The van der Waals surface area contributed by atoms with Gasteiger partial charge in [0.1, 0.15) is 6.23 Å². The monoisotopic (exact) mass is 589 g/mol. The van der Waals surface area contributed by atoms with Crippen LogP contribution in [0.25, 0.3) is 28.3 Å². The lowest BCUT2D eigenvalue weighted by Gasteiger charge is -2.32. The van der Waals surface area contributed by atoms with Crippen LogP contribution in [0.1, 0.15) is 72.6 Å². The van der Waals surface area contributed by atoms with Gasteiger partial charge in [0.05, 0.1) is 17.8 Å². The molecule has 1 aromatic heterocycles. The van der Waals surface area contributed by atoms with Gasteiger partial charge in [-0.3, -0.25) is 0 Å². The quantitative estimate of drug-likeness (QED) is 0.164. The summed E-state index contributed by atoms with van der Waals surface area (Å²) in [6, 6.07) is 24.2. The Kier molecular flexibility index (Phi) is 8.55. The zero-order valence-corrected chi connectivity index (χ0v) is 24.5. The van der Waals surface area contributed by atoms with E-state index < -0.39 is 5.97 Å². The fourth-order valence-corrected chi connectivity index (χ4v) is 6.15. The standard InChI is InChI=1S/C36H32ClN3O3/c37-32-20-25(21-38)9-17-31(32)36(27-4-3-5-27)35(28-11-7-24(8-12-28)10-18-34(41)42)29-15-13-26(14-16-29)30-22-39-40(23-30)33-6-1-2-19-43-33/h7-18,20,22-23,27,33H,1-6,19H2,(H,41,42)/b18-10+,36-35+. The Morgan fingerprint density at radius 1 is 0.977 bits per heavy atom. The number of aliphatic carboxylic acids is 1. The van der Waals surface area contributed by atoms with E-state index in [0.717, 1.165) is 90.2 Å². The normalized spacial score (nSPS) is 17.7. The number of hydrogen-bond donors (Lipinski definition) is 1. The van der Waals surface area contributed by atoms with Crippen molar-refractivity contribution in [3.63, 3.8) is 0 Å². The number of rotatable bonds is 8. The predicted octanol–water partition coefficient (Wildman–Crippen LogP) is 8.63. The Morgan fingerprint density at radius 2 is 1.72 bits per heavy atom. The van der Waals surface area contributed by atoms with Crippen molar-refractivity contribution in [1.82, 2.24) is 9.78 Å². The third-order valence-electron chi connectivity index (χ3n) is 8.35. The molecule has 43 heavy (non-hydrogen) atoms. The van der Waals surface area contributed by atoms with Crippen molar-refractivity contribution >= 4 is 34.8 Å². The van der Waals surface area contributed by atoms with Gasteiger partial charge in [-0.25, -0.2) is 9.48 Å². The molecular formula is C36H32ClN3O3. The van der Waals surface area contributed by atoms with Crippen LogP contribution in [0.5, 0.6) is 0 Å².